The van der Waals surface area contributed by atoms with E-state index in [1.807, 2.05) is 36.4 Å². The molecule has 0 N–H and O–H groups in total. The van der Waals surface area contributed by atoms with Gasteiger partial charge in [-0.1, -0.05) is 35.9 Å². The highest BCUT2D eigenvalue weighted by molar-refractivity contribution is 6.31. The van der Waals surface area contributed by atoms with Crippen molar-refractivity contribution in [1.29, 1.82) is 5.26 Å². The molecule has 7 heteroatoms. The third-order valence-corrected chi connectivity index (χ3v) is 5.92. The number of carbonyl (C=O) groups excluding carboxylic acids is 1. The van der Waals surface area contributed by atoms with Crippen molar-refractivity contribution in [2.24, 2.45) is 4.99 Å². The monoisotopic (exact) mass is 447 g/mol. The van der Waals surface area contributed by atoms with Crippen molar-refractivity contribution in [3.8, 4) is 17.6 Å². The Bertz CT molecular complexity index is 1210. The molecular formula is C25H22ClN3O3. The molecule has 1 aliphatic carbocycles. The highest BCUT2D eigenvalue weighted by Crippen LogP contribution is 2.39. The number of nitriles is 1. The summed E-state index contributed by atoms with van der Waals surface area (Å²) in [5.74, 6) is 0.902. The fourth-order valence-corrected chi connectivity index (χ4v) is 4.14. The molecule has 0 saturated heterocycles. The Balaban J connectivity index is 1.88. The lowest BCUT2D eigenvalue weighted by atomic mass is 9.91. The predicted molar refractivity (Wildman–Crippen MR) is 125 cm³/mol. The molecule has 0 spiro atoms. The molecule has 1 amide bonds. The second-order valence-corrected chi connectivity index (χ2v) is 7.85. The number of allylic oxidation sites excluding steroid dienone is 4. The summed E-state index contributed by atoms with van der Waals surface area (Å²) in [6.07, 6.45) is 5.23. The molecule has 0 fully saturated rings. The molecule has 1 heterocycles. The van der Waals surface area contributed by atoms with E-state index in [-0.39, 0.29) is 12.5 Å². The lowest BCUT2D eigenvalue weighted by Crippen LogP contribution is -2.32. The second kappa shape index (κ2) is 9.29. The molecule has 2 aliphatic rings. The number of halogens is 1. The van der Waals surface area contributed by atoms with Crippen LogP contribution in [0, 0.1) is 11.3 Å². The molecule has 0 atom stereocenters. The van der Waals surface area contributed by atoms with Crippen molar-refractivity contribution in [2.45, 2.75) is 19.4 Å². The summed E-state index contributed by atoms with van der Waals surface area (Å²) in [6.45, 7) is 0.286. The molecule has 0 aromatic heterocycles. The number of benzene rings is 2. The van der Waals surface area contributed by atoms with Gasteiger partial charge in [0.1, 0.15) is 6.54 Å². The Morgan fingerprint density at radius 2 is 1.94 bits per heavy atom. The predicted octanol–water partition coefficient (Wildman–Crippen LogP) is 4.86. The van der Waals surface area contributed by atoms with Crippen molar-refractivity contribution in [2.75, 3.05) is 25.7 Å². The first-order chi connectivity index (χ1) is 15.5. The Labute approximate surface area is 192 Å². The normalized spacial score (nSPS) is 15.6. The van der Waals surface area contributed by atoms with Gasteiger partial charge in [0.2, 0.25) is 5.91 Å². The number of ether oxygens (including phenoxy) is 2. The van der Waals surface area contributed by atoms with Gasteiger partial charge in [0, 0.05) is 22.2 Å². The van der Waals surface area contributed by atoms with Crippen molar-refractivity contribution in [3.63, 3.8) is 0 Å². The number of methoxy groups -OCH3 is 2. The van der Waals surface area contributed by atoms with Gasteiger partial charge in [0.15, 0.2) is 11.5 Å². The molecule has 2 aromatic carbocycles. The number of hydrogen-bond donors (Lipinski definition) is 0. The zero-order valence-electron chi connectivity index (χ0n) is 17.9. The average molecular weight is 448 g/mol. The molecule has 0 saturated carbocycles. The van der Waals surface area contributed by atoms with Crippen LogP contribution in [0.5, 0.6) is 11.5 Å². The zero-order valence-corrected chi connectivity index (χ0v) is 18.6. The highest BCUT2D eigenvalue weighted by Gasteiger charge is 2.29. The highest BCUT2D eigenvalue weighted by atomic mass is 35.5. The van der Waals surface area contributed by atoms with Crippen LogP contribution in [-0.2, 0) is 11.3 Å². The van der Waals surface area contributed by atoms with Crippen LogP contribution in [0.3, 0.4) is 0 Å². The van der Waals surface area contributed by atoms with E-state index in [4.69, 9.17) is 21.1 Å². The minimum atomic E-state index is -0.152. The fourth-order valence-electron chi connectivity index (χ4n) is 3.94. The largest absolute Gasteiger partial charge is 0.493 e. The molecule has 0 radical (unpaired) electrons. The molecule has 2 aromatic rings. The number of fused-ring (bicyclic) bond motifs is 1. The molecular weight excluding hydrogens is 426 g/mol. The van der Waals surface area contributed by atoms with Gasteiger partial charge in [0.05, 0.1) is 38.2 Å². The first-order valence-corrected chi connectivity index (χ1v) is 10.6. The first-order valence-electron chi connectivity index (χ1n) is 10.2. The van der Waals surface area contributed by atoms with Gasteiger partial charge in [-0.2, -0.15) is 5.26 Å². The van der Waals surface area contributed by atoms with Crippen LogP contribution in [0.4, 0.5) is 5.69 Å². The molecule has 4 rings (SSSR count). The van der Waals surface area contributed by atoms with Gasteiger partial charge in [-0.25, -0.2) is 0 Å². The minimum absolute atomic E-state index is 0.0119. The van der Waals surface area contributed by atoms with Gasteiger partial charge >= 0.3 is 0 Å². The van der Waals surface area contributed by atoms with Crippen LogP contribution < -0.4 is 14.4 Å². The first kappa shape index (κ1) is 21.7. The summed E-state index contributed by atoms with van der Waals surface area (Å²) >= 11 is 6.39. The van der Waals surface area contributed by atoms with Crippen molar-refractivity contribution >= 4 is 28.9 Å². The number of amides is 1. The molecule has 0 bridgehead atoms. The van der Waals surface area contributed by atoms with Crippen LogP contribution in [0.15, 0.2) is 64.7 Å². The molecule has 6 nitrogen and oxygen atoms in total. The van der Waals surface area contributed by atoms with Crippen LogP contribution in [-0.4, -0.2) is 32.4 Å². The van der Waals surface area contributed by atoms with Gasteiger partial charge in [-0.3, -0.25) is 9.79 Å². The summed E-state index contributed by atoms with van der Waals surface area (Å²) in [6, 6.07) is 13.3. The van der Waals surface area contributed by atoms with E-state index in [9.17, 15) is 10.1 Å². The SMILES string of the molecule is COc1cc2c(cc1OC)N(Cc1ccccc1Cl)C(=O)CN=C2C1=CC(C#N)=CCC1. The number of aliphatic imine (C=N–C) groups is 1. The summed E-state index contributed by atoms with van der Waals surface area (Å²) < 4.78 is 11.1. The van der Waals surface area contributed by atoms with E-state index in [2.05, 4.69) is 11.1 Å². The third-order valence-electron chi connectivity index (χ3n) is 5.55. The maximum Gasteiger partial charge on any atom is 0.248 e. The quantitative estimate of drug-likeness (QED) is 0.655. The zero-order chi connectivity index (χ0) is 22.7. The van der Waals surface area contributed by atoms with Gasteiger partial charge in [-0.05, 0) is 42.2 Å². The third kappa shape index (κ3) is 4.12. The summed E-state index contributed by atoms with van der Waals surface area (Å²) in [5, 5.41) is 9.96. The second-order valence-electron chi connectivity index (χ2n) is 7.44. The van der Waals surface area contributed by atoms with Crippen molar-refractivity contribution in [3.05, 3.63) is 75.8 Å². The van der Waals surface area contributed by atoms with Gasteiger partial charge in [-0.15, -0.1) is 0 Å². The molecule has 1 aliphatic heterocycles. The van der Waals surface area contributed by atoms with E-state index in [0.29, 0.717) is 40.0 Å². The van der Waals surface area contributed by atoms with Crippen LogP contribution >= 0.6 is 11.6 Å². The average Bonchev–Trinajstić information content (AvgIpc) is 2.95. The van der Waals surface area contributed by atoms with Crippen LogP contribution in [0.1, 0.15) is 24.0 Å². The Morgan fingerprint density at radius 1 is 1.19 bits per heavy atom. The van der Waals surface area contributed by atoms with E-state index in [1.54, 1.807) is 31.3 Å². The Hall–Kier alpha value is -3.56. The van der Waals surface area contributed by atoms with E-state index < -0.39 is 0 Å². The number of nitrogens with zero attached hydrogens (tertiary/aromatic N) is 3. The topological polar surface area (TPSA) is 74.9 Å². The minimum Gasteiger partial charge on any atom is -0.493 e. The lowest BCUT2D eigenvalue weighted by Gasteiger charge is -2.25. The van der Waals surface area contributed by atoms with E-state index >= 15 is 0 Å². The summed E-state index contributed by atoms with van der Waals surface area (Å²) in [7, 11) is 3.13. The molecule has 0 unspecified atom stereocenters. The number of carbonyl (C=O) groups is 1. The smallest absolute Gasteiger partial charge is 0.248 e. The molecule has 32 heavy (non-hydrogen) atoms. The summed E-state index contributed by atoms with van der Waals surface area (Å²) in [4.78, 5) is 19.6. The van der Waals surface area contributed by atoms with Crippen molar-refractivity contribution in [1.82, 2.24) is 0 Å². The Kier molecular flexibility index (Phi) is 6.29. The maximum absolute atomic E-state index is 13.2. The van der Waals surface area contributed by atoms with Crippen molar-refractivity contribution < 1.29 is 14.3 Å². The number of rotatable bonds is 5. The van der Waals surface area contributed by atoms with Crippen LogP contribution in [0.2, 0.25) is 5.02 Å². The fraction of sp³-hybridized carbons (Fsp3) is 0.240. The van der Waals surface area contributed by atoms with E-state index in [1.165, 1.54) is 0 Å². The standard InChI is InChI=1S/C25H22ClN3O3/c1-31-22-11-19-21(12-23(22)32-2)29(15-18-7-3-4-9-20(18)26)24(30)14-28-25(19)17-8-5-6-16(10-17)13-27/h3-4,6-7,9-12H,5,8,14-15H2,1-2H3. The number of hydrogen-bond acceptors (Lipinski definition) is 5. The van der Waals surface area contributed by atoms with Gasteiger partial charge < -0.3 is 14.4 Å². The van der Waals surface area contributed by atoms with Crippen LogP contribution in [0.25, 0.3) is 0 Å². The Morgan fingerprint density at radius 3 is 2.66 bits per heavy atom. The number of benzodiazepines with no additional fused rings is 1. The lowest BCUT2D eigenvalue weighted by molar-refractivity contribution is -0.117. The number of anilines is 1. The maximum atomic E-state index is 13.2. The van der Waals surface area contributed by atoms with E-state index in [0.717, 1.165) is 29.5 Å². The molecule has 162 valence electrons. The van der Waals surface area contributed by atoms with Gasteiger partial charge in [0.25, 0.3) is 0 Å². The summed E-state index contributed by atoms with van der Waals surface area (Å²) in [5.41, 5.74) is 4.46.